The summed E-state index contributed by atoms with van der Waals surface area (Å²) in [6.07, 6.45) is 2.97. The largest absolute Gasteiger partial charge is 0.494 e. The fourth-order valence-electron chi connectivity index (χ4n) is 3.72. The van der Waals surface area contributed by atoms with Crippen molar-refractivity contribution in [3.63, 3.8) is 0 Å². The van der Waals surface area contributed by atoms with Crippen LogP contribution in [0.1, 0.15) is 36.7 Å². The molecule has 0 aliphatic heterocycles. The second-order valence-corrected chi connectivity index (χ2v) is 8.33. The Morgan fingerprint density at radius 2 is 1.69 bits per heavy atom. The highest BCUT2D eigenvalue weighted by Crippen LogP contribution is 2.22. The fourth-order valence-corrected chi connectivity index (χ4v) is 3.84. The van der Waals surface area contributed by atoms with Crippen LogP contribution in [0.2, 0.25) is 5.02 Å². The predicted molar refractivity (Wildman–Crippen MR) is 131 cm³/mol. The number of aromatic nitrogens is 2. The average molecular weight is 449 g/mol. The van der Waals surface area contributed by atoms with Crippen LogP contribution in [0.15, 0.2) is 66.7 Å². The van der Waals surface area contributed by atoms with Crippen molar-refractivity contribution in [3.05, 3.63) is 88.7 Å². The number of nitrogens with zero attached hydrogens (tertiary/aromatic N) is 2. The first-order valence-corrected chi connectivity index (χ1v) is 11.6. The zero-order valence-electron chi connectivity index (χ0n) is 18.7. The van der Waals surface area contributed by atoms with Crippen LogP contribution in [0.5, 0.6) is 11.5 Å². The molecule has 166 valence electrons. The lowest BCUT2D eigenvalue weighted by atomic mass is 10.2. The molecule has 0 aliphatic rings. The van der Waals surface area contributed by atoms with E-state index < -0.39 is 0 Å². The van der Waals surface area contributed by atoms with Crippen molar-refractivity contribution in [1.82, 2.24) is 9.55 Å². The highest BCUT2D eigenvalue weighted by molar-refractivity contribution is 6.31. The molecule has 0 fully saturated rings. The third-order valence-corrected chi connectivity index (χ3v) is 6.03. The van der Waals surface area contributed by atoms with Gasteiger partial charge < -0.3 is 14.0 Å². The third-order valence-electron chi connectivity index (χ3n) is 5.61. The lowest BCUT2D eigenvalue weighted by molar-refractivity contribution is 0.285. The molecule has 0 atom stereocenters. The molecule has 4 nitrogen and oxygen atoms in total. The average Bonchev–Trinajstić information content (AvgIpc) is 3.17. The summed E-state index contributed by atoms with van der Waals surface area (Å²) in [5, 5.41) is 0.764. The Morgan fingerprint density at radius 1 is 0.906 bits per heavy atom. The summed E-state index contributed by atoms with van der Waals surface area (Å²) < 4.78 is 14.2. The van der Waals surface area contributed by atoms with Gasteiger partial charge in [-0.1, -0.05) is 42.8 Å². The van der Waals surface area contributed by atoms with Crippen molar-refractivity contribution in [2.45, 2.75) is 46.3 Å². The molecule has 0 N–H and O–H groups in total. The second-order valence-electron chi connectivity index (χ2n) is 7.92. The summed E-state index contributed by atoms with van der Waals surface area (Å²) in [7, 11) is 0. The summed E-state index contributed by atoms with van der Waals surface area (Å²) in [6.45, 7) is 6.13. The number of fused-ring (bicyclic) bond motifs is 1. The van der Waals surface area contributed by atoms with Gasteiger partial charge >= 0.3 is 0 Å². The minimum absolute atomic E-state index is 0.445. The summed E-state index contributed by atoms with van der Waals surface area (Å²) >= 11 is 6.09. The minimum atomic E-state index is 0.445. The molecule has 4 aromatic rings. The van der Waals surface area contributed by atoms with Gasteiger partial charge in [-0.05, 0) is 79.8 Å². The number of imidazole rings is 1. The Hall–Kier alpha value is -2.98. The SMILES string of the molecule is CCc1ccc(OCc2nc3ccccc3n2CCCCOc2ccc(Cl)c(C)c2)cc1. The number of para-hydroxylation sites is 2. The van der Waals surface area contributed by atoms with E-state index in [1.165, 1.54) is 5.56 Å². The molecule has 0 saturated carbocycles. The van der Waals surface area contributed by atoms with E-state index in [4.69, 9.17) is 26.1 Å². The Bertz CT molecular complexity index is 1170. The van der Waals surface area contributed by atoms with E-state index in [0.717, 1.165) is 64.8 Å². The Balaban J connectivity index is 1.36. The van der Waals surface area contributed by atoms with Gasteiger partial charge in [0.2, 0.25) is 0 Å². The molecule has 0 radical (unpaired) electrons. The minimum Gasteiger partial charge on any atom is -0.494 e. The summed E-state index contributed by atoms with van der Waals surface area (Å²) in [5.74, 6) is 2.68. The van der Waals surface area contributed by atoms with Crippen LogP contribution in [0.4, 0.5) is 0 Å². The zero-order chi connectivity index (χ0) is 22.3. The second kappa shape index (κ2) is 10.6. The van der Waals surface area contributed by atoms with E-state index in [2.05, 4.69) is 41.8 Å². The molecule has 4 rings (SSSR count). The Kier molecular flexibility index (Phi) is 7.33. The zero-order valence-corrected chi connectivity index (χ0v) is 19.4. The van der Waals surface area contributed by atoms with Crippen LogP contribution in [0.3, 0.4) is 0 Å². The molecule has 0 amide bonds. The summed E-state index contributed by atoms with van der Waals surface area (Å²) in [5.41, 5.74) is 4.48. The van der Waals surface area contributed by atoms with Crippen molar-refractivity contribution in [2.24, 2.45) is 0 Å². The van der Waals surface area contributed by atoms with E-state index in [1.54, 1.807) is 0 Å². The van der Waals surface area contributed by atoms with Crippen molar-refractivity contribution < 1.29 is 9.47 Å². The van der Waals surface area contributed by atoms with Gasteiger partial charge in [0.15, 0.2) is 0 Å². The molecule has 32 heavy (non-hydrogen) atoms. The van der Waals surface area contributed by atoms with E-state index in [0.29, 0.717) is 13.2 Å². The van der Waals surface area contributed by atoms with Crippen LogP contribution in [-0.4, -0.2) is 16.2 Å². The number of benzene rings is 3. The number of hydrogen-bond donors (Lipinski definition) is 0. The first-order valence-electron chi connectivity index (χ1n) is 11.2. The Morgan fingerprint density at radius 3 is 2.47 bits per heavy atom. The van der Waals surface area contributed by atoms with Crippen molar-refractivity contribution in [1.29, 1.82) is 0 Å². The number of halogens is 1. The summed E-state index contributed by atoms with van der Waals surface area (Å²) in [4.78, 5) is 4.82. The van der Waals surface area contributed by atoms with Crippen molar-refractivity contribution >= 4 is 22.6 Å². The molecule has 5 heteroatoms. The molecule has 0 spiro atoms. The van der Waals surface area contributed by atoms with Crippen LogP contribution in [0.25, 0.3) is 11.0 Å². The maximum absolute atomic E-state index is 6.09. The van der Waals surface area contributed by atoms with E-state index in [-0.39, 0.29) is 0 Å². The topological polar surface area (TPSA) is 36.3 Å². The monoisotopic (exact) mass is 448 g/mol. The fraction of sp³-hybridized carbons (Fsp3) is 0.296. The van der Waals surface area contributed by atoms with Gasteiger partial charge in [-0.2, -0.15) is 0 Å². The lowest BCUT2D eigenvalue weighted by Gasteiger charge is -2.12. The molecule has 0 bridgehead atoms. The molecule has 3 aromatic carbocycles. The van der Waals surface area contributed by atoms with Gasteiger partial charge in [0.1, 0.15) is 23.9 Å². The van der Waals surface area contributed by atoms with Gasteiger partial charge in [-0.25, -0.2) is 4.98 Å². The Labute approximate surface area is 194 Å². The molecular formula is C27H29ClN2O2. The van der Waals surface area contributed by atoms with Crippen LogP contribution >= 0.6 is 11.6 Å². The summed E-state index contributed by atoms with van der Waals surface area (Å²) in [6, 6.07) is 22.3. The van der Waals surface area contributed by atoms with E-state index in [1.807, 2.05) is 43.3 Å². The normalized spacial score (nSPS) is 11.1. The maximum Gasteiger partial charge on any atom is 0.147 e. The molecule has 0 saturated heterocycles. The van der Waals surface area contributed by atoms with Gasteiger partial charge in [-0.3, -0.25) is 0 Å². The number of unbranched alkanes of at least 4 members (excludes halogenated alkanes) is 1. The lowest BCUT2D eigenvalue weighted by Crippen LogP contribution is -2.09. The maximum atomic E-state index is 6.09. The molecular weight excluding hydrogens is 420 g/mol. The first kappa shape index (κ1) is 22.2. The quantitative estimate of drug-likeness (QED) is 0.245. The van der Waals surface area contributed by atoms with E-state index >= 15 is 0 Å². The standard InChI is InChI=1S/C27H29ClN2O2/c1-3-21-10-12-22(13-11-21)32-19-27-29-25-8-4-5-9-26(25)30(27)16-6-7-17-31-23-14-15-24(28)20(2)18-23/h4-5,8-15,18H,3,6-7,16-17,19H2,1-2H3. The number of ether oxygens (including phenoxy) is 2. The van der Waals surface area contributed by atoms with Gasteiger partial charge in [-0.15, -0.1) is 0 Å². The van der Waals surface area contributed by atoms with Gasteiger partial charge in [0.25, 0.3) is 0 Å². The number of rotatable bonds is 10. The molecule has 1 aromatic heterocycles. The van der Waals surface area contributed by atoms with Crippen LogP contribution in [0, 0.1) is 6.92 Å². The van der Waals surface area contributed by atoms with Crippen LogP contribution < -0.4 is 9.47 Å². The van der Waals surface area contributed by atoms with Crippen molar-refractivity contribution in [2.75, 3.05) is 6.61 Å². The first-order chi connectivity index (χ1) is 15.6. The number of hydrogen-bond acceptors (Lipinski definition) is 3. The highest BCUT2D eigenvalue weighted by Gasteiger charge is 2.11. The van der Waals surface area contributed by atoms with E-state index in [9.17, 15) is 0 Å². The van der Waals surface area contributed by atoms with Gasteiger partial charge in [0.05, 0.1) is 17.6 Å². The third kappa shape index (κ3) is 5.43. The molecule has 0 unspecified atom stereocenters. The smallest absolute Gasteiger partial charge is 0.147 e. The highest BCUT2D eigenvalue weighted by atomic mass is 35.5. The molecule has 1 heterocycles. The predicted octanol–water partition coefficient (Wildman–Crippen LogP) is 7.00. The molecule has 0 aliphatic carbocycles. The van der Waals surface area contributed by atoms with Crippen LogP contribution in [-0.2, 0) is 19.6 Å². The van der Waals surface area contributed by atoms with Gasteiger partial charge in [0, 0.05) is 11.6 Å². The van der Waals surface area contributed by atoms with Crippen molar-refractivity contribution in [3.8, 4) is 11.5 Å². The number of aryl methyl sites for hydroxylation is 3.